The van der Waals surface area contributed by atoms with Gasteiger partial charge >= 0.3 is 0 Å². The number of nitrogens with one attached hydrogen (secondary N) is 2. The summed E-state index contributed by atoms with van der Waals surface area (Å²) in [5.74, 6) is 2.07. The molecule has 1 aliphatic heterocycles. The molecule has 11 nitrogen and oxygen atoms in total. The summed E-state index contributed by atoms with van der Waals surface area (Å²) in [6.45, 7) is 4.46. The largest absolute Gasteiger partial charge is 0.493 e. The molecule has 33 heavy (non-hydrogen) atoms. The van der Waals surface area contributed by atoms with Crippen LogP contribution in [0.5, 0.6) is 11.5 Å². The lowest BCUT2D eigenvalue weighted by atomic mass is 9.85. The van der Waals surface area contributed by atoms with Gasteiger partial charge in [0.25, 0.3) is 6.47 Å². The molecular weight excluding hydrogens is 452 g/mol. The van der Waals surface area contributed by atoms with Gasteiger partial charge in [0, 0.05) is 43.0 Å². The lowest BCUT2D eigenvalue weighted by molar-refractivity contribution is -0.122. The van der Waals surface area contributed by atoms with E-state index in [-0.39, 0.29) is 19.7 Å². The fraction of sp³-hybridized carbons (Fsp3) is 0.524. The number of hydrazine groups is 1. The molecule has 1 saturated heterocycles. The van der Waals surface area contributed by atoms with Crippen LogP contribution in [0.3, 0.4) is 0 Å². The van der Waals surface area contributed by atoms with Gasteiger partial charge in [0.1, 0.15) is 6.61 Å². The Bertz CT molecular complexity index is 957. The number of aliphatic hydroxyl groups is 1. The molecule has 2 aromatic rings. The van der Waals surface area contributed by atoms with E-state index in [9.17, 15) is 8.42 Å². The molecule has 0 bridgehead atoms. The molecule has 1 fully saturated rings. The van der Waals surface area contributed by atoms with E-state index in [1.807, 2.05) is 18.2 Å². The summed E-state index contributed by atoms with van der Waals surface area (Å²) < 4.78 is 32.3. The van der Waals surface area contributed by atoms with Gasteiger partial charge in [-0.25, -0.2) is 13.8 Å². The van der Waals surface area contributed by atoms with E-state index < -0.39 is 10.9 Å². The average molecular weight is 485 g/mol. The normalized spacial score (nSPS) is 15.1. The van der Waals surface area contributed by atoms with Crippen molar-refractivity contribution in [1.29, 1.82) is 0 Å². The number of carboxylic acid groups (broad SMARTS) is 1. The fourth-order valence-corrected chi connectivity index (χ4v) is 4.21. The highest BCUT2D eigenvalue weighted by atomic mass is 32.2. The minimum Gasteiger partial charge on any atom is -0.493 e. The first-order valence-electron chi connectivity index (χ1n) is 10.6. The van der Waals surface area contributed by atoms with Gasteiger partial charge in [-0.15, -0.1) is 0 Å². The number of methoxy groups -OCH3 is 1. The molecule has 1 aromatic carbocycles. The van der Waals surface area contributed by atoms with Gasteiger partial charge in [0.2, 0.25) is 10.9 Å². The Morgan fingerprint density at radius 1 is 1.30 bits per heavy atom. The first-order valence-corrected chi connectivity index (χ1v) is 11.8. The Balaban J connectivity index is 0.00000122. The van der Waals surface area contributed by atoms with E-state index in [4.69, 9.17) is 24.5 Å². The molecule has 12 heteroatoms. The van der Waals surface area contributed by atoms with Crippen LogP contribution in [0, 0.1) is 11.8 Å². The van der Waals surface area contributed by atoms with Crippen LogP contribution in [-0.2, 0) is 15.7 Å². The number of ether oxygens (including phenoxy) is 2. The zero-order valence-corrected chi connectivity index (χ0v) is 19.7. The summed E-state index contributed by atoms with van der Waals surface area (Å²) in [4.78, 5) is 17.4. The van der Waals surface area contributed by atoms with E-state index in [0.29, 0.717) is 29.9 Å². The molecule has 4 N–H and O–H groups in total. The van der Waals surface area contributed by atoms with E-state index in [1.165, 1.54) is 0 Å². The maximum Gasteiger partial charge on any atom is 0.290 e. The predicted octanol–water partition coefficient (Wildman–Crippen LogP) is 0.788. The molecule has 0 radical (unpaired) electrons. The second-order valence-electron chi connectivity index (χ2n) is 7.58. The Morgan fingerprint density at radius 3 is 2.61 bits per heavy atom. The smallest absolute Gasteiger partial charge is 0.290 e. The minimum absolute atomic E-state index is 0.0670. The van der Waals surface area contributed by atoms with Crippen molar-refractivity contribution < 1.29 is 32.9 Å². The summed E-state index contributed by atoms with van der Waals surface area (Å²) in [7, 11) is -1.04. The van der Waals surface area contributed by atoms with E-state index in [0.717, 1.165) is 42.5 Å². The summed E-state index contributed by atoms with van der Waals surface area (Å²) in [6, 6.07) is 5.81. The Hall–Kier alpha value is -2.67. The number of hydrogen-bond acceptors (Lipinski definition) is 9. The van der Waals surface area contributed by atoms with Gasteiger partial charge in [0.05, 0.1) is 19.2 Å². The van der Waals surface area contributed by atoms with Crippen molar-refractivity contribution in [2.45, 2.75) is 19.8 Å². The van der Waals surface area contributed by atoms with E-state index in [2.05, 4.69) is 27.1 Å². The molecule has 0 saturated carbocycles. The van der Waals surface area contributed by atoms with Crippen molar-refractivity contribution in [3.05, 3.63) is 24.4 Å². The van der Waals surface area contributed by atoms with Gasteiger partial charge in [-0.3, -0.25) is 9.78 Å². The van der Waals surface area contributed by atoms with Crippen LogP contribution in [0.2, 0.25) is 0 Å². The number of hydrogen-bond donors (Lipinski definition) is 5. The Labute approximate surface area is 194 Å². The third-order valence-electron chi connectivity index (χ3n) is 5.63. The number of rotatable bonds is 10. The summed E-state index contributed by atoms with van der Waals surface area (Å²) in [5.41, 5.74) is 4.71. The Kier molecular flexibility index (Phi) is 11.1. The van der Waals surface area contributed by atoms with Crippen LogP contribution in [0.1, 0.15) is 19.8 Å². The quantitative estimate of drug-likeness (QED) is 0.186. The maximum atomic E-state index is 10.6. The van der Waals surface area contributed by atoms with Gasteiger partial charge in [-0.2, -0.15) is 4.83 Å². The van der Waals surface area contributed by atoms with Crippen LogP contribution >= 0.6 is 0 Å². The zero-order chi connectivity index (χ0) is 24.2. The number of pyridine rings is 1. The van der Waals surface area contributed by atoms with Crippen molar-refractivity contribution in [2.24, 2.45) is 11.8 Å². The number of fused-ring (bicyclic) bond motifs is 1. The molecule has 2 heterocycles. The molecule has 184 valence electrons. The number of nitrogens with zero attached hydrogens (tertiary/aromatic N) is 2. The van der Waals surface area contributed by atoms with Gasteiger partial charge in [0.15, 0.2) is 11.5 Å². The van der Waals surface area contributed by atoms with E-state index in [1.54, 1.807) is 13.3 Å². The predicted molar refractivity (Wildman–Crippen MR) is 125 cm³/mol. The Morgan fingerprint density at radius 2 is 2.00 bits per heavy atom. The van der Waals surface area contributed by atoms with Gasteiger partial charge in [-0.1, -0.05) is 6.92 Å². The molecule has 1 atom stereocenters. The third-order valence-corrected chi connectivity index (χ3v) is 5.97. The number of anilines is 1. The summed E-state index contributed by atoms with van der Waals surface area (Å²) in [6.07, 6.45) is 3.86. The molecular formula is C21H32N4O7S. The summed E-state index contributed by atoms with van der Waals surface area (Å²) >= 11 is 0. The molecule has 1 aromatic heterocycles. The number of thiol groups is 1. The van der Waals surface area contributed by atoms with Gasteiger partial charge < -0.3 is 24.6 Å². The van der Waals surface area contributed by atoms with Crippen LogP contribution in [0.4, 0.5) is 5.69 Å². The highest BCUT2D eigenvalue weighted by Gasteiger charge is 2.25. The van der Waals surface area contributed by atoms with Crippen molar-refractivity contribution in [3.8, 4) is 11.5 Å². The van der Waals surface area contributed by atoms with Crippen LogP contribution in [0.15, 0.2) is 24.4 Å². The highest BCUT2D eigenvalue weighted by Crippen LogP contribution is 2.37. The zero-order valence-electron chi connectivity index (χ0n) is 18.8. The fourth-order valence-electron chi connectivity index (χ4n) is 3.99. The van der Waals surface area contributed by atoms with Crippen molar-refractivity contribution in [2.75, 3.05) is 44.9 Å². The second kappa shape index (κ2) is 13.8. The number of carbonyl (C=O) groups is 1. The minimum atomic E-state index is -2.62. The standard InChI is InChI=1S/C20H30N4O5S.CH2O2/c1-14(13-22-23-30(26)27)15-4-7-24(8-5-15)18-3-6-21-17-12-19(28-2)20(11-16(17)18)29-10-9-25;2-1-3/h3,6,11-12,14-15,22,25,30H,4-5,7-10,13H2,1-2H3,(H,23,26,27);1H,(H,2,3). The van der Waals surface area contributed by atoms with Gasteiger partial charge in [-0.05, 0) is 36.8 Å². The molecule has 1 aliphatic rings. The average Bonchev–Trinajstić information content (AvgIpc) is 2.82. The number of benzene rings is 1. The SMILES string of the molecule is COc1cc2nccc(N3CCC(C(C)CNN[SH](=O)=O)CC3)c2cc1OCCO.O=CO. The molecule has 3 rings (SSSR count). The monoisotopic (exact) mass is 484 g/mol. The third kappa shape index (κ3) is 7.70. The van der Waals surface area contributed by atoms with Crippen LogP contribution < -0.4 is 24.6 Å². The second-order valence-corrected chi connectivity index (χ2v) is 8.32. The van der Waals surface area contributed by atoms with Crippen molar-refractivity contribution in [1.82, 2.24) is 15.2 Å². The van der Waals surface area contributed by atoms with E-state index >= 15 is 0 Å². The maximum absolute atomic E-state index is 10.6. The topological polar surface area (TPSA) is 150 Å². The van der Waals surface area contributed by atoms with Crippen LogP contribution in [0.25, 0.3) is 10.9 Å². The molecule has 1 unspecified atom stereocenters. The molecule has 0 amide bonds. The van der Waals surface area contributed by atoms with Crippen molar-refractivity contribution in [3.63, 3.8) is 0 Å². The van der Waals surface area contributed by atoms with Crippen LogP contribution in [-0.4, -0.2) is 70.0 Å². The number of aliphatic hydroxyl groups excluding tert-OH is 1. The highest BCUT2D eigenvalue weighted by molar-refractivity contribution is 7.70. The number of aromatic nitrogens is 1. The first kappa shape index (κ1) is 26.6. The summed E-state index contributed by atoms with van der Waals surface area (Å²) in [5, 5.41) is 17.0. The lowest BCUT2D eigenvalue weighted by Crippen LogP contribution is -2.40. The van der Waals surface area contributed by atoms with Crippen molar-refractivity contribution >= 4 is 34.0 Å². The molecule has 0 spiro atoms. The first-order chi connectivity index (χ1) is 15.9. The lowest BCUT2D eigenvalue weighted by Gasteiger charge is -2.36. The number of piperidine rings is 1. The molecule has 0 aliphatic carbocycles.